The molecule has 0 aliphatic heterocycles. The third-order valence-corrected chi connectivity index (χ3v) is 5.78. The van der Waals surface area contributed by atoms with Crippen LogP contribution in [0.4, 0.5) is 15.8 Å². The lowest BCUT2D eigenvalue weighted by atomic mass is 10.1. The summed E-state index contributed by atoms with van der Waals surface area (Å²) in [6.07, 6.45) is 0. The van der Waals surface area contributed by atoms with Gasteiger partial charge in [-0.25, -0.2) is 12.8 Å². The number of hydrogen-bond acceptors (Lipinski definition) is 4. The summed E-state index contributed by atoms with van der Waals surface area (Å²) in [6, 6.07) is 10.9. The van der Waals surface area contributed by atoms with Crippen molar-refractivity contribution in [2.24, 2.45) is 0 Å². The van der Waals surface area contributed by atoms with E-state index in [0.717, 1.165) is 12.1 Å². The molecule has 0 radical (unpaired) electrons. The fourth-order valence-corrected chi connectivity index (χ4v) is 4.16. The van der Waals surface area contributed by atoms with Crippen LogP contribution in [-0.2, 0) is 14.8 Å². The van der Waals surface area contributed by atoms with E-state index in [-0.39, 0.29) is 22.9 Å². The summed E-state index contributed by atoms with van der Waals surface area (Å²) < 4.78 is 40.2. The predicted molar refractivity (Wildman–Crippen MR) is 114 cm³/mol. The van der Waals surface area contributed by atoms with E-state index in [1.54, 1.807) is 31.2 Å². The van der Waals surface area contributed by atoms with Gasteiger partial charge in [0.05, 0.1) is 4.90 Å². The number of sulfonamides is 1. The molecule has 158 valence electrons. The summed E-state index contributed by atoms with van der Waals surface area (Å²) in [5.41, 5.74) is 1.06. The Bertz CT molecular complexity index is 919. The first-order chi connectivity index (χ1) is 13.5. The number of nitrogens with one attached hydrogen (secondary N) is 2. The topological polar surface area (TPSA) is 78.5 Å². The normalized spacial score (nSPS) is 12.7. The van der Waals surface area contributed by atoms with Gasteiger partial charge in [-0.1, -0.05) is 0 Å². The molecule has 0 saturated carbocycles. The second kappa shape index (κ2) is 9.26. The van der Waals surface area contributed by atoms with Crippen molar-refractivity contribution in [2.45, 2.75) is 57.6 Å². The summed E-state index contributed by atoms with van der Waals surface area (Å²) >= 11 is 0. The van der Waals surface area contributed by atoms with Gasteiger partial charge in [-0.3, -0.25) is 9.52 Å². The highest BCUT2D eigenvalue weighted by Gasteiger charge is 2.25. The molecular formula is C21H28FN3O3S. The fraction of sp³-hybridized carbons (Fsp3) is 0.381. The molecule has 0 aliphatic carbocycles. The molecule has 8 heteroatoms. The molecule has 2 aromatic rings. The highest BCUT2D eigenvalue weighted by Crippen LogP contribution is 2.20. The maximum atomic E-state index is 13.0. The minimum absolute atomic E-state index is 0.00362. The minimum Gasteiger partial charge on any atom is -0.374 e. The van der Waals surface area contributed by atoms with Crippen LogP contribution in [0.5, 0.6) is 0 Å². The Hall–Kier alpha value is -2.61. The second-order valence-electron chi connectivity index (χ2n) is 7.44. The lowest BCUT2D eigenvalue weighted by Crippen LogP contribution is -2.48. The highest BCUT2D eigenvalue weighted by atomic mass is 32.2. The number of halogens is 1. The molecule has 2 rings (SSSR count). The van der Waals surface area contributed by atoms with Crippen LogP contribution in [0.25, 0.3) is 0 Å². The average molecular weight is 422 g/mol. The van der Waals surface area contributed by atoms with Crippen molar-refractivity contribution in [1.82, 2.24) is 4.90 Å². The summed E-state index contributed by atoms with van der Waals surface area (Å²) in [5.74, 6) is -0.507. The van der Waals surface area contributed by atoms with Crippen molar-refractivity contribution in [2.75, 3.05) is 10.0 Å². The number of anilines is 2. The quantitative estimate of drug-likeness (QED) is 0.673. The smallest absolute Gasteiger partial charge is 0.261 e. The Morgan fingerprint density at radius 1 is 0.862 bits per heavy atom. The zero-order valence-corrected chi connectivity index (χ0v) is 18.1. The van der Waals surface area contributed by atoms with Crippen molar-refractivity contribution in [3.8, 4) is 0 Å². The van der Waals surface area contributed by atoms with Crippen molar-refractivity contribution in [3.63, 3.8) is 0 Å². The minimum atomic E-state index is -3.81. The molecule has 0 aromatic heterocycles. The van der Waals surface area contributed by atoms with Crippen LogP contribution in [0.2, 0.25) is 0 Å². The molecule has 29 heavy (non-hydrogen) atoms. The zero-order chi connectivity index (χ0) is 21.8. The van der Waals surface area contributed by atoms with E-state index >= 15 is 0 Å². The first-order valence-electron chi connectivity index (χ1n) is 9.48. The van der Waals surface area contributed by atoms with Gasteiger partial charge in [0.15, 0.2) is 0 Å². The average Bonchev–Trinajstić information content (AvgIpc) is 2.62. The number of hydrogen-bond donors (Lipinski definition) is 2. The van der Waals surface area contributed by atoms with E-state index in [4.69, 9.17) is 0 Å². The SMILES string of the molecule is CC(C)N(C(=O)[C@H](C)Nc1ccc(NS(=O)(=O)c2ccc(F)cc2)cc1)C(C)C. The highest BCUT2D eigenvalue weighted by molar-refractivity contribution is 7.92. The molecule has 0 aliphatic rings. The van der Waals surface area contributed by atoms with E-state index in [2.05, 4.69) is 10.0 Å². The van der Waals surface area contributed by atoms with Gasteiger partial charge in [-0.05, 0) is 83.1 Å². The van der Waals surface area contributed by atoms with Gasteiger partial charge in [0, 0.05) is 23.5 Å². The van der Waals surface area contributed by atoms with Crippen LogP contribution in [0.1, 0.15) is 34.6 Å². The van der Waals surface area contributed by atoms with Crippen molar-refractivity contribution >= 4 is 27.3 Å². The molecule has 0 fully saturated rings. The standard InChI is InChI=1S/C21H28FN3O3S/c1-14(2)25(15(3)4)21(26)16(5)23-18-8-10-19(11-9-18)24-29(27,28)20-12-6-17(22)7-13-20/h6-16,23-24H,1-5H3/t16-/m0/s1. The van der Waals surface area contributed by atoms with Gasteiger partial charge in [-0.2, -0.15) is 0 Å². The number of nitrogens with zero attached hydrogens (tertiary/aromatic N) is 1. The molecule has 0 unspecified atom stereocenters. The Kier molecular flexibility index (Phi) is 7.24. The predicted octanol–water partition coefficient (Wildman–Crippen LogP) is 4.07. The fourth-order valence-electron chi connectivity index (χ4n) is 3.10. The van der Waals surface area contributed by atoms with E-state index in [9.17, 15) is 17.6 Å². The van der Waals surface area contributed by atoms with E-state index in [0.29, 0.717) is 11.4 Å². The second-order valence-corrected chi connectivity index (χ2v) is 9.12. The number of benzene rings is 2. The maximum absolute atomic E-state index is 13.0. The monoisotopic (exact) mass is 421 g/mol. The number of rotatable bonds is 8. The molecule has 0 heterocycles. The largest absolute Gasteiger partial charge is 0.374 e. The van der Waals surface area contributed by atoms with Gasteiger partial charge in [0.25, 0.3) is 10.0 Å². The Morgan fingerprint density at radius 3 is 1.83 bits per heavy atom. The summed E-state index contributed by atoms with van der Waals surface area (Å²) in [7, 11) is -3.81. The lowest BCUT2D eigenvalue weighted by Gasteiger charge is -2.33. The van der Waals surface area contributed by atoms with E-state index < -0.39 is 21.9 Å². The van der Waals surface area contributed by atoms with Crippen LogP contribution in [0.15, 0.2) is 53.4 Å². The first kappa shape index (κ1) is 22.7. The molecule has 6 nitrogen and oxygen atoms in total. The summed E-state index contributed by atoms with van der Waals surface area (Å²) in [5, 5.41) is 3.15. The zero-order valence-electron chi connectivity index (χ0n) is 17.3. The Balaban J connectivity index is 2.06. The van der Waals surface area contributed by atoms with Crippen LogP contribution in [-0.4, -0.2) is 37.4 Å². The van der Waals surface area contributed by atoms with Crippen LogP contribution >= 0.6 is 0 Å². The maximum Gasteiger partial charge on any atom is 0.261 e. The van der Waals surface area contributed by atoms with Gasteiger partial charge in [0.1, 0.15) is 11.9 Å². The third kappa shape index (κ3) is 5.93. The molecular weight excluding hydrogens is 393 g/mol. The van der Waals surface area contributed by atoms with Crippen LogP contribution < -0.4 is 10.0 Å². The Morgan fingerprint density at radius 2 is 1.34 bits per heavy atom. The molecule has 2 N–H and O–H groups in total. The summed E-state index contributed by atoms with van der Waals surface area (Å²) in [6.45, 7) is 9.71. The molecule has 1 amide bonds. The van der Waals surface area contributed by atoms with Gasteiger partial charge >= 0.3 is 0 Å². The van der Waals surface area contributed by atoms with Crippen LogP contribution in [0.3, 0.4) is 0 Å². The van der Waals surface area contributed by atoms with Crippen molar-refractivity contribution < 1.29 is 17.6 Å². The Labute approximate surface area is 172 Å². The number of carbonyl (C=O) groups is 1. The van der Waals surface area contributed by atoms with Crippen molar-refractivity contribution in [1.29, 1.82) is 0 Å². The molecule has 1 atom stereocenters. The molecule has 0 bridgehead atoms. The molecule has 2 aromatic carbocycles. The van der Waals surface area contributed by atoms with E-state index in [1.165, 1.54) is 12.1 Å². The van der Waals surface area contributed by atoms with Crippen molar-refractivity contribution in [3.05, 3.63) is 54.3 Å². The van der Waals surface area contributed by atoms with Gasteiger partial charge in [0.2, 0.25) is 5.91 Å². The number of carbonyl (C=O) groups excluding carboxylic acids is 1. The van der Waals surface area contributed by atoms with Crippen LogP contribution in [0, 0.1) is 5.82 Å². The number of amides is 1. The molecule has 0 spiro atoms. The molecule has 0 saturated heterocycles. The van der Waals surface area contributed by atoms with E-state index in [1.807, 2.05) is 32.6 Å². The third-order valence-electron chi connectivity index (χ3n) is 4.38. The first-order valence-corrected chi connectivity index (χ1v) is 11.0. The lowest BCUT2D eigenvalue weighted by molar-refractivity contribution is -0.135. The summed E-state index contributed by atoms with van der Waals surface area (Å²) in [4.78, 5) is 14.5. The van der Waals surface area contributed by atoms with Gasteiger partial charge in [-0.15, -0.1) is 0 Å². The van der Waals surface area contributed by atoms with Gasteiger partial charge < -0.3 is 10.2 Å².